The predicted octanol–water partition coefficient (Wildman–Crippen LogP) is 8.26. The highest BCUT2D eigenvalue weighted by molar-refractivity contribution is 7.07. The Morgan fingerprint density at radius 2 is 1.75 bits per heavy atom. The van der Waals surface area contributed by atoms with E-state index in [9.17, 15) is 4.79 Å². The molecule has 48 heavy (non-hydrogen) atoms. The number of fused-ring (bicyclic) bond motifs is 1. The van der Waals surface area contributed by atoms with Gasteiger partial charge in [-0.2, -0.15) is 11.3 Å². The molecule has 2 aliphatic heterocycles. The van der Waals surface area contributed by atoms with Crippen molar-refractivity contribution in [1.82, 2.24) is 4.90 Å². The highest BCUT2D eigenvalue weighted by atomic mass is 32.1. The Labute approximate surface area is 289 Å². The summed E-state index contributed by atoms with van der Waals surface area (Å²) in [7, 11) is 2.19. The molecule has 0 spiro atoms. The van der Waals surface area contributed by atoms with Crippen molar-refractivity contribution in [3.63, 3.8) is 0 Å². The lowest BCUT2D eigenvalue weighted by Crippen LogP contribution is -2.36. The van der Waals surface area contributed by atoms with Crippen LogP contribution in [0.1, 0.15) is 49.3 Å². The molecule has 1 saturated heterocycles. The number of hydrogen-bond acceptors (Lipinski definition) is 7. The average Bonchev–Trinajstić information content (AvgIpc) is 3.57. The second-order valence-electron chi connectivity index (χ2n) is 12.6. The molecule has 0 atom stereocenters. The maximum atomic E-state index is 13.7. The van der Waals surface area contributed by atoms with Gasteiger partial charge < -0.3 is 24.4 Å². The van der Waals surface area contributed by atoms with Gasteiger partial charge in [0.1, 0.15) is 12.4 Å². The fraction of sp³-hybridized carbons (Fsp3) is 0.375. The molecule has 3 heterocycles. The molecule has 8 heteroatoms. The van der Waals surface area contributed by atoms with Crippen LogP contribution in [0.4, 0.5) is 11.4 Å². The van der Waals surface area contributed by atoms with E-state index in [-0.39, 0.29) is 5.91 Å². The standard InChI is InChI=1S/C40H47N3O4S/c1-3-19-45-22-23-47-38-11-6-32(7-12-38)33-8-13-39-35(25-33)26-34(14-18-43(39)28-31-17-24-48-29-31)40(44)41-36-9-4-30(5-10-36)27-42(2)37-15-20-46-21-16-37/h4-13,17,24-26,29,37H,3,14-16,18-23,27-28H2,1-2H3,(H,41,44). The molecule has 4 aromatic rings. The van der Waals surface area contributed by atoms with Gasteiger partial charge in [-0.15, -0.1) is 0 Å². The molecule has 1 amide bonds. The second-order valence-corrected chi connectivity index (χ2v) is 13.4. The minimum absolute atomic E-state index is 0.0553. The van der Waals surface area contributed by atoms with Crippen LogP contribution in [0, 0.1) is 0 Å². The summed E-state index contributed by atoms with van der Waals surface area (Å²) in [6.45, 7) is 8.10. The van der Waals surface area contributed by atoms with Crippen molar-refractivity contribution in [2.75, 3.05) is 56.8 Å². The first-order valence-electron chi connectivity index (χ1n) is 17.2. The summed E-state index contributed by atoms with van der Waals surface area (Å²) >= 11 is 1.71. The zero-order chi connectivity index (χ0) is 33.1. The molecule has 6 rings (SSSR count). The maximum Gasteiger partial charge on any atom is 0.251 e. The number of anilines is 2. The Morgan fingerprint density at radius 1 is 0.958 bits per heavy atom. The van der Waals surface area contributed by atoms with Crippen LogP contribution in [-0.4, -0.2) is 63.5 Å². The van der Waals surface area contributed by atoms with Crippen molar-refractivity contribution >= 4 is 34.7 Å². The highest BCUT2D eigenvalue weighted by Crippen LogP contribution is 2.34. The van der Waals surface area contributed by atoms with Gasteiger partial charge in [0, 0.05) is 62.4 Å². The molecule has 3 aromatic carbocycles. The summed E-state index contributed by atoms with van der Waals surface area (Å²) in [6, 6.07) is 25.8. The highest BCUT2D eigenvalue weighted by Gasteiger charge is 2.22. The smallest absolute Gasteiger partial charge is 0.251 e. The summed E-state index contributed by atoms with van der Waals surface area (Å²) in [4.78, 5) is 18.5. The minimum atomic E-state index is -0.0553. The topological polar surface area (TPSA) is 63.3 Å². The molecule has 0 radical (unpaired) electrons. The Bertz CT molecular complexity index is 1630. The number of amides is 1. The van der Waals surface area contributed by atoms with E-state index in [1.54, 1.807) is 11.3 Å². The number of nitrogens with one attached hydrogen (secondary N) is 1. The van der Waals surface area contributed by atoms with Crippen molar-refractivity contribution in [2.24, 2.45) is 0 Å². The molecule has 7 nitrogen and oxygen atoms in total. The third-order valence-corrected chi connectivity index (χ3v) is 9.82. The molecular formula is C40H47N3O4S. The van der Waals surface area contributed by atoms with E-state index in [0.717, 1.165) is 98.1 Å². The Hall–Kier alpha value is -3.95. The molecule has 2 aliphatic rings. The molecular weight excluding hydrogens is 619 g/mol. The molecule has 1 aromatic heterocycles. The Balaban J connectivity index is 1.16. The number of thiophene rings is 1. The fourth-order valence-electron chi connectivity index (χ4n) is 6.38. The molecule has 0 unspecified atom stereocenters. The van der Waals surface area contributed by atoms with Gasteiger partial charge in [-0.25, -0.2) is 0 Å². The molecule has 1 N–H and O–H groups in total. The lowest BCUT2D eigenvalue weighted by Gasteiger charge is -2.31. The first kappa shape index (κ1) is 33.9. The van der Waals surface area contributed by atoms with Crippen molar-refractivity contribution in [1.29, 1.82) is 0 Å². The molecule has 252 valence electrons. The van der Waals surface area contributed by atoms with Crippen molar-refractivity contribution in [3.05, 3.63) is 106 Å². The van der Waals surface area contributed by atoms with Crippen LogP contribution in [0.2, 0.25) is 0 Å². The van der Waals surface area contributed by atoms with E-state index >= 15 is 0 Å². The van der Waals surface area contributed by atoms with Gasteiger partial charge in [-0.05, 0) is 120 Å². The van der Waals surface area contributed by atoms with Crippen LogP contribution in [0.15, 0.2) is 89.1 Å². The third-order valence-electron chi connectivity index (χ3n) is 9.08. The average molecular weight is 666 g/mol. The minimum Gasteiger partial charge on any atom is -0.491 e. The zero-order valence-electron chi connectivity index (χ0n) is 28.2. The second kappa shape index (κ2) is 16.9. The monoisotopic (exact) mass is 665 g/mol. The van der Waals surface area contributed by atoms with E-state index in [2.05, 4.69) is 94.5 Å². The van der Waals surface area contributed by atoms with Crippen molar-refractivity contribution in [2.45, 2.75) is 51.7 Å². The number of benzene rings is 3. The Morgan fingerprint density at radius 3 is 2.50 bits per heavy atom. The van der Waals surface area contributed by atoms with Gasteiger partial charge in [0.05, 0.1) is 6.61 Å². The molecule has 0 bridgehead atoms. The van der Waals surface area contributed by atoms with Gasteiger partial charge in [-0.1, -0.05) is 37.3 Å². The fourth-order valence-corrected chi connectivity index (χ4v) is 7.04. The van der Waals surface area contributed by atoms with E-state index in [4.69, 9.17) is 14.2 Å². The number of rotatable bonds is 14. The van der Waals surface area contributed by atoms with Gasteiger partial charge in [0.25, 0.3) is 5.91 Å². The number of carbonyl (C=O) groups excluding carboxylic acids is 1. The molecule has 0 aliphatic carbocycles. The van der Waals surface area contributed by atoms with Crippen LogP contribution in [0.3, 0.4) is 0 Å². The zero-order valence-corrected chi connectivity index (χ0v) is 29.0. The van der Waals surface area contributed by atoms with E-state index in [0.29, 0.717) is 25.7 Å². The van der Waals surface area contributed by atoms with Crippen LogP contribution in [0.5, 0.6) is 5.75 Å². The third kappa shape index (κ3) is 9.14. The largest absolute Gasteiger partial charge is 0.491 e. The first-order chi connectivity index (χ1) is 23.6. The quantitative estimate of drug-likeness (QED) is 0.137. The summed E-state index contributed by atoms with van der Waals surface area (Å²) in [6.07, 6.45) is 5.89. The summed E-state index contributed by atoms with van der Waals surface area (Å²) in [5, 5.41) is 7.50. The van der Waals surface area contributed by atoms with Gasteiger partial charge in [0.15, 0.2) is 0 Å². The van der Waals surface area contributed by atoms with Crippen LogP contribution in [-0.2, 0) is 27.4 Å². The van der Waals surface area contributed by atoms with Gasteiger partial charge in [-0.3, -0.25) is 9.69 Å². The summed E-state index contributed by atoms with van der Waals surface area (Å²) in [5.74, 6) is 0.772. The SMILES string of the molecule is CCCOCCOc1ccc(-c2ccc3c(c2)C=C(C(=O)Nc2ccc(CN(C)C4CCOCC4)cc2)CCN3Cc2ccsc2)cc1. The van der Waals surface area contributed by atoms with Crippen LogP contribution >= 0.6 is 11.3 Å². The van der Waals surface area contributed by atoms with Crippen molar-refractivity contribution < 1.29 is 19.0 Å². The van der Waals surface area contributed by atoms with Crippen LogP contribution in [0.25, 0.3) is 17.2 Å². The first-order valence-corrected chi connectivity index (χ1v) is 18.1. The summed E-state index contributed by atoms with van der Waals surface area (Å²) < 4.78 is 16.9. The van der Waals surface area contributed by atoms with E-state index < -0.39 is 0 Å². The molecule has 0 saturated carbocycles. The van der Waals surface area contributed by atoms with E-state index in [1.807, 2.05) is 24.3 Å². The normalized spacial score (nSPS) is 15.1. The lowest BCUT2D eigenvalue weighted by molar-refractivity contribution is -0.112. The number of nitrogens with zero attached hydrogens (tertiary/aromatic N) is 2. The van der Waals surface area contributed by atoms with Crippen LogP contribution < -0.4 is 15.0 Å². The maximum absolute atomic E-state index is 13.7. The number of ether oxygens (including phenoxy) is 3. The van der Waals surface area contributed by atoms with Crippen molar-refractivity contribution in [3.8, 4) is 16.9 Å². The predicted molar refractivity (Wildman–Crippen MR) is 197 cm³/mol. The molecule has 1 fully saturated rings. The number of hydrogen-bond donors (Lipinski definition) is 1. The lowest BCUT2D eigenvalue weighted by atomic mass is 10.00. The number of carbonyl (C=O) groups is 1. The van der Waals surface area contributed by atoms with Gasteiger partial charge >= 0.3 is 0 Å². The summed E-state index contributed by atoms with van der Waals surface area (Å²) in [5.41, 5.74) is 8.49. The Kier molecular flexibility index (Phi) is 12.0. The van der Waals surface area contributed by atoms with E-state index in [1.165, 1.54) is 11.1 Å². The van der Waals surface area contributed by atoms with Gasteiger partial charge in [0.2, 0.25) is 0 Å².